The molecule has 0 bridgehead atoms. The molecule has 1 aromatic rings. The molecular formula is C14H12. The summed E-state index contributed by atoms with van der Waals surface area (Å²) in [7, 11) is 0. The first kappa shape index (κ1) is 7.81. The summed E-state index contributed by atoms with van der Waals surface area (Å²) in [4.78, 5) is 0. The summed E-state index contributed by atoms with van der Waals surface area (Å²) in [6, 6.07) is 8.66. The number of benzene rings is 1. The highest BCUT2D eigenvalue weighted by atomic mass is 14.2. The molecule has 1 aromatic carbocycles. The highest BCUT2D eigenvalue weighted by molar-refractivity contribution is 5.69. The van der Waals surface area contributed by atoms with Gasteiger partial charge in [-0.15, -0.1) is 0 Å². The average Bonchev–Trinajstić information content (AvgIpc) is 2.86. The fraction of sp³-hybridized carbons (Fsp3) is 0.143. The molecule has 0 aliphatic heterocycles. The number of hydrogen-bond acceptors (Lipinski definition) is 0. The second-order valence-corrected chi connectivity index (χ2v) is 3.87. The van der Waals surface area contributed by atoms with Crippen molar-refractivity contribution in [1.82, 2.24) is 0 Å². The molecule has 3 rings (SSSR count). The zero-order chi connectivity index (χ0) is 9.38. The topological polar surface area (TPSA) is 0 Å². The van der Waals surface area contributed by atoms with Crippen LogP contribution in [0.15, 0.2) is 53.6 Å². The van der Waals surface area contributed by atoms with Crippen LogP contribution in [0.25, 0.3) is 6.08 Å². The van der Waals surface area contributed by atoms with Crippen LogP contribution >= 0.6 is 0 Å². The molecule has 0 heterocycles. The lowest BCUT2D eigenvalue weighted by molar-refractivity contribution is 1.15. The van der Waals surface area contributed by atoms with Crippen molar-refractivity contribution >= 4 is 6.08 Å². The van der Waals surface area contributed by atoms with Gasteiger partial charge in [-0.25, -0.2) is 0 Å². The summed E-state index contributed by atoms with van der Waals surface area (Å²) in [5.74, 6) is 0. The van der Waals surface area contributed by atoms with Crippen LogP contribution in [-0.4, -0.2) is 0 Å². The third-order valence-corrected chi connectivity index (χ3v) is 2.95. The Bertz CT molecular complexity index is 459. The van der Waals surface area contributed by atoms with Crippen LogP contribution in [0.4, 0.5) is 0 Å². The molecule has 68 valence electrons. The van der Waals surface area contributed by atoms with E-state index >= 15 is 0 Å². The van der Waals surface area contributed by atoms with E-state index in [1.54, 1.807) is 0 Å². The Morgan fingerprint density at radius 1 is 1.00 bits per heavy atom. The molecule has 0 saturated heterocycles. The lowest BCUT2D eigenvalue weighted by atomic mass is 10.0. The average molecular weight is 180 g/mol. The van der Waals surface area contributed by atoms with E-state index in [-0.39, 0.29) is 0 Å². The molecule has 0 aromatic heterocycles. The van der Waals surface area contributed by atoms with Gasteiger partial charge < -0.3 is 0 Å². The molecule has 0 amide bonds. The predicted molar refractivity (Wildman–Crippen MR) is 60.0 cm³/mol. The molecule has 0 N–H and O–H groups in total. The van der Waals surface area contributed by atoms with Gasteiger partial charge in [-0.05, 0) is 35.1 Å². The minimum atomic E-state index is 1.11. The van der Waals surface area contributed by atoms with Crippen LogP contribution in [-0.2, 0) is 6.42 Å². The summed E-state index contributed by atoms with van der Waals surface area (Å²) >= 11 is 0. The van der Waals surface area contributed by atoms with Gasteiger partial charge in [0.25, 0.3) is 0 Å². The second kappa shape index (κ2) is 2.98. The van der Waals surface area contributed by atoms with E-state index in [1.807, 2.05) is 0 Å². The number of fused-ring (bicyclic) bond motifs is 1. The molecule has 0 spiro atoms. The van der Waals surface area contributed by atoms with Crippen molar-refractivity contribution in [2.75, 3.05) is 0 Å². The fourth-order valence-electron chi connectivity index (χ4n) is 2.17. The summed E-state index contributed by atoms with van der Waals surface area (Å²) in [5, 5.41) is 0. The molecule has 0 saturated carbocycles. The number of hydrogen-bond donors (Lipinski definition) is 0. The van der Waals surface area contributed by atoms with E-state index in [4.69, 9.17) is 0 Å². The first-order valence-electron chi connectivity index (χ1n) is 5.08. The number of rotatable bonds is 1. The smallest absolute Gasteiger partial charge is 0.00168 e. The van der Waals surface area contributed by atoms with Gasteiger partial charge in [-0.3, -0.25) is 0 Å². The fourth-order valence-corrected chi connectivity index (χ4v) is 2.17. The van der Waals surface area contributed by atoms with Crippen molar-refractivity contribution in [2.24, 2.45) is 0 Å². The van der Waals surface area contributed by atoms with E-state index in [0.29, 0.717) is 0 Å². The molecule has 0 fully saturated rings. The normalized spacial score (nSPS) is 18.0. The molecule has 2 aliphatic carbocycles. The van der Waals surface area contributed by atoms with Gasteiger partial charge in [0, 0.05) is 0 Å². The van der Waals surface area contributed by atoms with Gasteiger partial charge in [0.15, 0.2) is 0 Å². The van der Waals surface area contributed by atoms with E-state index in [2.05, 4.69) is 48.6 Å². The van der Waals surface area contributed by atoms with Gasteiger partial charge in [-0.2, -0.15) is 0 Å². The highest BCUT2D eigenvalue weighted by Gasteiger charge is 2.14. The summed E-state index contributed by atoms with van der Waals surface area (Å²) in [6.45, 7) is 0. The van der Waals surface area contributed by atoms with Crippen LogP contribution < -0.4 is 0 Å². The van der Waals surface area contributed by atoms with Crippen LogP contribution in [0, 0.1) is 0 Å². The summed E-state index contributed by atoms with van der Waals surface area (Å²) in [5.41, 5.74) is 5.85. The molecule has 14 heavy (non-hydrogen) atoms. The Kier molecular flexibility index (Phi) is 1.66. The second-order valence-electron chi connectivity index (χ2n) is 3.87. The van der Waals surface area contributed by atoms with Crippen molar-refractivity contribution in [3.8, 4) is 0 Å². The van der Waals surface area contributed by atoms with Crippen molar-refractivity contribution in [3.63, 3.8) is 0 Å². The molecule has 0 nitrogen and oxygen atoms in total. The van der Waals surface area contributed by atoms with Crippen molar-refractivity contribution in [3.05, 3.63) is 64.8 Å². The van der Waals surface area contributed by atoms with Crippen molar-refractivity contribution < 1.29 is 0 Å². The van der Waals surface area contributed by atoms with Crippen molar-refractivity contribution in [1.29, 1.82) is 0 Å². The van der Waals surface area contributed by atoms with E-state index in [1.165, 1.54) is 22.3 Å². The SMILES string of the molecule is C1=CCC(C2=Cc3ccccc3C2)=C1. The first-order chi connectivity index (χ1) is 6.93. The number of allylic oxidation sites excluding steroid dienone is 5. The third-order valence-electron chi connectivity index (χ3n) is 2.95. The van der Waals surface area contributed by atoms with Gasteiger partial charge in [0.1, 0.15) is 0 Å². The molecule has 2 aliphatic rings. The Morgan fingerprint density at radius 2 is 1.93 bits per heavy atom. The maximum Gasteiger partial charge on any atom is -0.00168 e. The molecular weight excluding hydrogens is 168 g/mol. The quantitative estimate of drug-likeness (QED) is 0.620. The minimum Gasteiger partial charge on any atom is -0.0801 e. The maximum absolute atomic E-state index is 2.33. The predicted octanol–water partition coefficient (Wildman–Crippen LogP) is 3.51. The monoisotopic (exact) mass is 180 g/mol. The van der Waals surface area contributed by atoms with Crippen molar-refractivity contribution in [2.45, 2.75) is 12.8 Å². The molecule has 0 heteroatoms. The van der Waals surface area contributed by atoms with E-state index in [0.717, 1.165) is 12.8 Å². The molecule has 0 radical (unpaired) electrons. The van der Waals surface area contributed by atoms with Gasteiger partial charge in [0.05, 0.1) is 0 Å². The first-order valence-corrected chi connectivity index (χ1v) is 5.08. The molecule has 0 atom stereocenters. The lowest BCUT2D eigenvalue weighted by Crippen LogP contribution is -1.87. The Morgan fingerprint density at radius 3 is 2.71 bits per heavy atom. The van der Waals surface area contributed by atoms with Crippen LogP contribution in [0.2, 0.25) is 0 Å². The van der Waals surface area contributed by atoms with Crippen LogP contribution in [0.5, 0.6) is 0 Å². The maximum atomic E-state index is 2.33. The highest BCUT2D eigenvalue weighted by Crippen LogP contribution is 2.32. The lowest BCUT2D eigenvalue weighted by Gasteiger charge is -2.01. The van der Waals surface area contributed by atoms with E-state index in [9.17, 15) is 0 Å². The van der Waals surface area contributed by atoms with Gasteiger partial charge >= 0.3 is 0 Å². The van der Waals surface area contributed by atoms with Gasteiger partial charge in [0.2, 0.25) is 0 Å². The zero-order valence-corrected chi connectivity index (χ0v) is 8.03. The third kappa shape index (κ3) is 1.15. The Labute approximate surface area is 84.3 Å². The van der Waals surface area contributed by atoms with Gasteiger partial charge in [-0.1, -0.05) is 48.6 Å². The summed E-state index contributed by atoms with van der Waals surface area (Å²) < 4.78 is 0. The standard InChI is InChI=1S/C14H12/c1-2-6-11(5-1)14-9-12-7-3-4-8-13(12)10-14/h1-5,7-9H,6,10H2. The van der Waals surface area contributed by atoms with Crippen LogP contribution in [0.3, 0.4) is 0 Å². The van der Waals surface area contributed by atoms with E-state index < -0.39 is 0 Å². The largest absolute Gasteiger partial charge is 0.0801 e. The Hall–Kier alpha value is -1.56. The zero-order valence-electron chi connectivity index (χ0n) is 8.03. The minimum absolute atomic E-state index is 1.11. The Balaban J connectivity index is 1.95. The summed E-state index contributed by atoms with van der Waals surface area (Å²) in [6.07, 6.45) is 11.2. The molecule has 0 unspecified atom stereocenters. The van der Waals surface area contributed by atoms with Crippen LogP contribution in [0.1, 0.15) is 17.5 Å².